The lowest BCUT2D eigenvalue weighted by molar-refractivity contribution is 0.0954. The van der Waals surface area contributed by atoms with Crippen LogP contribution in [0.2, 0.25) is 5.02 Å². The van der Waals surface area contributed by atoms with Gasteiger partial charge in [-0.15, -0.1) is 0 Å². The fourth-order valence-electron chi connectivity index (χ4n) is 1.91. The Kier molecular flexibility index (Phi) is 5.12. The molecule has 2 rings (SSSR count). The predicted molar refractivity (Wildman–Crippen MR) is 86.7 cm³/mol. The zero-order valence-electron chi connectivity index (χ0n) is 12.0. The van der Waals surface area contributed by atoms with Crippen LogP contribution >= 0.6 is 11.6 Å². The Bertz CT molecular complexity index is 634. The number of hydrogen-bond acceptors (Lipinski definition) is 2. The van der Waals surface area contributed by atoms with E-state index < -0.39 is 0 Å². The van der Waals surface area contributed by atoms with E-state index >= 15 is 0 Å². The van der Waals surface area contributed by atoms with E-state index in [9.17, 15) is 4.79 Å². The van der Waals surface area contributed by atoms with Crippen molar-refractivity contribution in [2.75, 3.05) is 0 Å². The van der Waals surface area contributed by atoms with E-state index in [0.717, 1.165) is 11.3 Å². The SMILES string of the molecule is CC(C)C(=NNC(=O)c1ccc(Cl)cc1)c1ccccc1. The normalized spacial score (nSPS) is 11.5. The minimum absolute atomic E-state index is 0.206. The molecule has 0 aliphatic rings. The van der Waals surface area contributed by atoms with Crippen LogP contribution in [-0.2, 0) is 0 Å². The van der Waals surface area contributed by atoms with E-state index in [4.69, 9.17) is 11.6 Å². The second-order valence-corrected chi connectivity index (χ2v) is 5.40. The third-order valence-corrected chi connectivity index (χ3v) is 3.25. The Morgan fingerprint density at radius 3 is 2.19 bits per heavy atom. The maximum Gasteiger partial charge on any atom is 0.271 e. The van der Waals surface area contributed by atoms with Crippen LogP contribution in [0.4, 0.5) is 0 Å². The molecule has 108 valence electrons. The summed E-state index contributed by atoms with van der Waals surface area (Å²) < 4.78 is 0. The molecule has 2 aromatic carbocycles. The Hall–Kier alpha value is -2.13. The van der Waals surface area contributed by atoms with Crippen molar-refractivity contribution in [3.63, 3.8) is 0 Å². The van der Waals surface area contributed by atoms with Gasteiger partial charge < -0.3 is 0 Å². The maximum absolute atomic E-state index is 12.1. The van der Waals surface area contributed by atoms with Gasteiger partial charge in [-0.25, -0.2) is 5.43 Å². The number of halogens is 1. The van der Waals surface area contributed by atoms with Crippen molar-refractivity contribution >= 4 is 23.2 Å². The fourth-order valence-corrected chi connectivity index (χ4v) is 2.04. The lowest BCUT2D eigenvalue weighted by Crippen LogP contribution is -2.22. The van der Waals surface area contributed by atoms with Crippen molar-refractivity contribution in [1.29, 1.82) is 0 Å². The van der Waals surface area contributed by atoms with E-state index in [-0.39, 0.29) is 11.8 Å². The van der Waals surface area contributed by atoms with Gasteiger partial charge in [0.15, 0.2) is 0 Å². The van der Waals surface area contributed by atoms with Gasteiger partial charge >= 0.3 is 0 Å². The highest BCUT2D eigenvalue weighted by atomic mass is 35.5. The summed E-state index contributed by atoms with van der Waals surface area (Å²) in [5.74, 6) is -0.0429. The van der Waals surface area contributed by atoms with E-state index in [1.807, 2.05) is 44.2 Å². The molecule has 1 amide bonds. The van der Waals surface area contributed by atoms with Crippen LogP contribution in [0.5, 0.6) is 0 Å². The molecule has 4 heteroatoms. The lowest BCUT2D eigenvalue weighted by atomic mass is 10.0. The van der Waals surface area contributed by atoms with Crippen molar-refractivity contribution in [3.05, 3.63) is 70.7 Å². The minimum atomic E-state index is -0.249. The summed E-state index contributed by atoms with van der Waals surface area (Å²) in [7, 11) is 0. The summed E-state index contributed by atoms with van der Waals surface area (Å²) in [5.41, 5.74) is 4.98. The molecule has 0 saturated heterocycles. The zero-order chi connectivity index (χ0) is 15.2. The first kappa shape index (κ1) is 15.3. The number of carbonyl (C=O) groups is 1. The highest BCUT2D eigenvalue weighted by molar-refractivity contribution is 6.30. The van der Waals surface area contributed by atoms with E-state index in [2.05, 4.69) is 10.5 Å². The molecule has 1 N–H and O–H groups in total. The summed E-state index contributed by atoms with van der Waals surface area (Å²) in [5, 5.41) is 4.88. The van der Waals surface area contributed by atoms with Crippen LogP contribution in [0.3, 0.4) is 0 Å². The van der Waals surface area contributed by atoms with Crippen molar-refractivity contribution < 1.29 is 4.79 Å². The van der Waals surface area contributed by atoms with Crippen LogP contribution in [0.25, 0.3) is 0 Å². The summed E-state index contributed by atoms with van der Waals surface area (Å²) in [6.45, 7) is 4.08. The van der Waals surface area contributed by atoms with Gasteiger partial charge in [0.2, 0.25) is 0 Å². The molecule has 0 bridgehead atoms. The average molecular weight is 301 g/mol. The number of rotatable bonds is 4. The molecule has 2 aromatic rings. The molecule has 3 nitrogen and oxygen atoms in total. The molecule has 0 fully saturated rings. The zero-order valence-corrected chi connectivity index (χ0v) is 12.8. The van der Waals surface area contributed by atoms with Crippen molar-refractivity contribution in [1.82, 2.24) is 5.43 Å². The summed E-state index contributed by atoms with van der Waals surface area (Å²) >= 11 is 5.81. The average Bonchev–Trinajstić information content (AvgIpc) is 2.48. The predicted octanol–water partition coefficient (Wildman–Crippen LogP) is 4.13. The maximum atomic E-state index is 12.1. The highest BCUT2D eigenvalue weighted by Gasteiger charge is 2.10. The standard InChI is InChI=1S/C17H17ClN2O/c1-12(2)16(13-6-4-3-5-7-13)19-20-17(21)14-8-10-15(18)11-9-14/h3-12H,1-2H3,(H,20,21). The molecule has 0 saturated carbocycles. The number of amides is 1. The van der Waals surface area contributed by atoms with Gasteiger partial charge in [0.25, 0.3) is 5.91 Å². The quantitative estimate of drug-likeness (QED) is 0.669. The van der Waals surface area contributed by atoms with Crippen LogP contribution in [0.15, 0.2) is 59.7 Å². The molecule has 0 unspecified atom stereocenters. The Morgan fingerprint density at radius 1 is 1.00 bits per heavy atom. The Morgan fingerprint density at radius 2 is 1.62 bits per heavy atom. The number of carbonyl (C=O) groups excluding carboxylic acids is 1. The molecule has 0 aliphatic carbocycles. The van der Waals surface area contributed by atoms with Crippen LogP contribution < -0.4 is 5.43 Å². The van der Waals surface area contributed by atoms with Crippen molar-refractivity contribution in [2.45, 2.75) is 13.8 Å². The van der Waals surface area contributed by atoms with Crippen molar-refractivity contribution in [2.24, 2.45) is 11.0 Å². The molecule has 0 heterocycles. The summed E-state index contributed by atoms with van der Waals surface area (Å²) in [4.78, 5) is 12.1. The second-order valence-electron chi connectivity index (χ2n) is 4.97. The van der Waals surface area contributed by atoms with Crippen LogP contribution in [0, 0.1) is 5.92 Å². The van der Waals surface area contributed by atoms with E-state index in [0.29, 0.717) is 10.6 Å². The van der Waals surface area contributed by atoms with Gasteiger partial charge in [0.1, 0.15) is 0 Å². The molecule has 0 spiro atoms. The van der Waals surface area contributed by atoms with E-state index in [1.165, 1.54) is 0 Å². The molecule has 0 aromatic heterocycles. The molecule has 0 aliphatic heterocycles. The highest BCUT2D eigenvalue weighted by Crippen LogP contribution is 2.11. The molecule has 0 radical (unpaired) electrons. The third-order valence-electron chi connectivity index (χ3n) is 3.00. The Labute approximate surface area is 129 Å². The summed E-state index contributed by atoms with van der Waals surface area (Å²) in [6, 6.07) is 16.5. The number of hydrogen-bond donors (Lipinski definition) is 1. The monoisotopic (exact) mass is 300 g/mol. The van der Waals surface area contributed by atoms with Gasteiger partial charge in [0, 0.05) is 10.6 Å². The third kappa shape index (κ3) is 4.17. The summed E-state index contributed by atoms with van der Waals surface area (Å²) in [6.07, 6.45) is 0. The number of nitrogens with one attached hydrogen (secondary N) is 1. The number of benzene rings is 2. The van der Waals surface area contributed by atoms with E-state index in [1.54, 1.807) is 24.3 Å². The topological polar surface area (TPSA) is 41.5 Å². The van der Waals surface area contributed by atoms with Crippen molar-refractivity contribution in [3.8, 4) is 0 Å². The minimum Gasteiger partial charge on any atom is -0.267 e. The first-order valence-corrected chi connectivity index (χ1v) is 7.14. The van der Waals surface area contributed by atoms with Crippen LogP contribution in [0.1, 0.15) is 29.8 Å². The Balaban J connectivity index is 2.17. The molecule has 0 atom stereocenters. The first-order valence-electron chi connectivity index (χ1n) is 6.77. The number of hydrazone groups is 1. The largest absolute Gasteiger partial charge is 0.271 e. The van der Waals surface area contributed by atoms with Gasteiger partial charge in [-0.3, -0.25) is 4.79 Å². The van der Waals surface area contributed by atoms with Gasteiger partial charge in [0.05, 0.1) is 5.71 Å². The van der Waals surface area contributed by atoms with Gasteiger partial charge in [-0.05, 0) is 35.7 Å². The molecular weight excluding hydrogens is 284 g/mol. The fraction of sp³-hybridized carbons (Fsp3) is 0.176. The van der Waals surface area contributed by atoms with Gasteiger partial charge in [-0.1, -0.05) is 55.8 Å². The van der Waals surface area contributed by atoms with Crippen LogP contribution in [-0.4, -0.2) is 11.6 Å². The molecular formula is C17H17ClN2O. The van der Waals surface area contributed by atoms with Gasteiger partial charge in [-0.2, -0.15) is 5.10 Å². The smallest absolute Gasteiger partial charge is 0.267 e. The lowest BCUT2D eigenvalue weighted by Gasteiger charge is -2.10. The second kappa shape index (κ2) is 7.04. The number of nitrogens with zero attached hydrogens (tertiary/aromatic N) is 1. The molecule has 21 heavy (non-hydrogen) atoms. The first-order chi connectivity index (χ1) is 10.1.